The monoisotopic (exact) mass is 320 g/mol. The largest absolute Gasteiger partial charge is 0.355 e. The summed E-state index contributed by atoms with van der Waals surface area (Å²) in [6, 6.07) is 0. The van der Waals surface area contributed by atoms with Crippen LogP contribution in [-0.2, 0) is 16.0 Å². The van der Waals surface area contributed by atoms with Crippen LogP contribution in [0.5, 0.6) is 0 Å². The molecule has 0 spiro atoms. The van der Waals surface area contributed by atoms with Gasteiger partial charge in [-0.15, -0.1) is 0 Å². The van der Waals surface area contributed by atoms with Crippen molar-refractivity contribution in [1.29, 1.82) is 0 Å². The molecule has 7 nitrogen and oxygen atoms in total. The van der Waals surface area contributed by atoms with Gasteiger partial charge in [-0.25, -0.2) is 4.98 Å². The van der Waals surface area contributed by atoms with E-state index in [1.165, 1.54) is 6.33 Å². The fraction of sp³-hybridized carbons (Fsp3) is 0.625. The van der Waals surface area contributed by atoms with Crippen LogP contribution in [0.3, 0.4) is 0 Å². The average Bonchev–Trinajstić information content (AvgIpc) is 3.08. The Morgan fingerprint density at radius 3 is 3.00 bits per heavy atom. The summed E-state index contributed by atoms with van der Waals surface area (Å²) in [5.41, 5.74) is 2.08. The summed E-state index contributed by atoms with van der Waals surface area (Å²) in [6.07, 6.45) is 4.40. The summed E-state index contributed by atoms with van der Waals surface area (Å²) < 4.78 is 11.6. The summed E-state index contributed by atoms with van der Waals surface area (Å²) in [6.45, 7) is 8.18. The van der Waals surface area contributed by atoms with E-state index in [0.717, 1.165) is 24.0 Å². The van der Waals surface area contributed by atoms with Crippen LogP contribution < -0.4 is 10.9 Å². The lowest BCUT2D eigenvalue weighted by Gasteiger charge is -2.23. The van der Waals surface area contributed by atoms with Crippen molar-refractivity contribution in [2.45, 2.75) is 45.6 Å². The van der Waals surface area contributed by atoms with Gasteiger partial charge < -0.3 is 24.8 Å². The van der Waals surface area contributed by atoms with Gasteiger partial charge in [-0.05, 0) is 26.2 Å². The van der Waals surface area contributed by atoms with Crippen LogP contribution in [0.2, 0.25) is 0 Å². The zero-order chi connectivity index (χ0) is 16.4. The summed E-state index contributed by atoms with van der Waals surface area (Å²) in [4.78, 5) is 21.5. The molecule has 1 saturated heterocycles. The Hall–Kier alpha value is -1.70. The van der Waals surface area contributed by atoms with E-state index in [0.29, 0.717) is 24.6 Å². The molecule has 3 N–H and O–H groups in total. The molecule has 1 aliphatic heterocycles. The topological polar surface area (TPSA) is 92.0 Å². The van der Waals surface area contributed by atoms with Gasteiger partial charge in [0.25, 0.3) is 5.56 Å². The SMILES string of the molecule is CC[C@@H](CNCc1c[nH]c2c(=O)[nH]cnc12)[C@H]1COC(C)(C)O1. The maximum Gasteiger partial charge on any atom is 0.275 e. The lowest BCUT2D eigenvalue weighted by Crippen LogP contribution is -2.33. The van der Waals surface area contributed by atoms with E-state index in [-0.39, 0.29) is 11.7 Å². The number of ether oxygens (including phenoxy) is 2. The van der Waals surface area contributed by atoms with Crippen LogP contribution in [-0.4, -0.2) is 40.0 Å². The smallest absolute Gasteiger partial charge is 0.275 e. The molecular weight excluding hydrogens is 296 g/mol. The van der Waals surface area contributed by atoms with Crippen molar-refractivity contribution in [3.63, 3.8) is 0 Å². The van der Waals surface area contributed by atoms with Gasteiger partial charge in [0.15, 0.2) is 5.79 Å². The summed E-state index contributed by atoms with van der Waals surface area (Å²) >= 11 is 0. The van der Waals surface area contributed by atoms with E-state index >= 15 is 0 Å². The highest BCUT2D eigenvalue weighted by Crippen LogP contribution is 2.28. The van der Waals surface area contributed by atoms with Gasteiger partial charge in [-0.1, -0.05) is 6.92 Å². The second-order valence-electron chi connectivity index (χ2n) is 6.44. The fourth-order valence-corrected chi connectivity index (χ4v) is 3.02. The van der Waals surface area contributed by atoms with Crippen molar-refractivity contribution in [3.8, 4) is 0 Å². The summed E-state index contributed by atoms with van der Waals surface area (Å²) in [5.74, 6) is -0.0989. The summed E-state index contributed by atoms with van der Waals surface area (Å²) in [7, 11) is 0. The lowest BCUT2D eigenvalue weighted by atomic mass is 10.00. The predicted octanol–water partition coefficient (Wildman–Crippen LogP) is 1.52. The van der Waals surface area contributed by atoms with Crippen LogP contribution in [0.25, 0.3) is 11.0 Å². The number of aromatic nitrogens is 3. The zero-order valence-corrected chi connectivity index (χ0v) is 13.8. The third kappa shape index (κ3) is 3.46. The highest BCUT2D eigenvalue weighted by molar-refractivity contribution is 5.77. The number of nitrogens with one attached hydrogen (secondary N) is 3. The predicted molar refractivity (Wildman–Crippen MR) is 87.1 cm³/mol. The number of nitrogens with zero attached hydrogens (tertiary/aromatic N) is 1. The Labute approximate surface area is 134 Å². The Bertz CT molecular complexity index is 721. The number of fused-ring (bicyclic) bond motifs is 1. The van der Waals surface area contributed by atoms with Gasteiger partial charge in [0.1, 0.15) is 5.52 Å². The van der Waals surface area contributed by atoms with Gasteiger partial charge in [-0.2, -0.15) is 0 Å². The maximum atomic E-state index is 11.7. The van der Waals surface area contributed by atoms with E-state index in [9.17, 15) is 4.79 Å². The first kappa shape index (κ1) is 16.2. The molecule has 0 unspecified atom stereocenters. The molecule has 1 aliphatic rings. The van der Waals surface area contributed by atoms with Crippen LogP contribution in [0, 0.1) is 5.92 Å². The number of rotatable bonds is 6. The van der Waals surface area contributed by atoms with Crippen molar-refractivity contribution >= 4 is 11.0 Å². The van der Waals surface area contributed by atoms with Crippen molar-refractivity contribution in [2.24, 2.45) is 5.92 Å². The Kier molecular flexibility index (Phi) is 4.52. The Morgan fingerprint density at radius 1 is 1.48 bits per heavy atom. The standard InChI is InChI=1S/C16H24N4O3/c1-4-10(12-8-22-16(2,3)23-12)5-17-6-11-7-18-14-13(11)19-9-20-15(14)21/h7,9-10,12,17-18H,4-6,8H2,1-3H3,(H,19,20,21)/t10-,12+/m0/s1. The second-order valence-corrected chi connectivity index (χ2v) is 6.44. The molecule has 3 rings (SSSR count). The number of hydrogen-bond donors (Lipinski definition) is 3. The van der Waals surface area contributed by atoms with Crippen LogP contribution in [0.4, 0.5) is 0 Å². The minimum Gasteiger partial charge on any atom is -0.355 e. The van der Waals surface area contributed by atoms with Crippen LogP contribution in [0.1, 0.15) is 32.8 Å². The normalized spacial score (nSPS) is 21.8. The maximum absolute atomic E-state index is 11.7. The molecule has 2 atom stereocenters. The third-order valence-electron chi connectivity index (χ3n) is 4.35. The van der Waals surface area contributed by atoms with Gasteiger partial charge in [0.05, 0.1) is 24.6 Å². The Balaban J connectivity index is 1.59. The number of hydrogen-bond acceptors (Lipinski definition) is 5. The molecule has 2 aromatic rings. The van der Waals surface area contributed by atoms with Gasteiger partial charge >= 0.3 is 0 Å². The molecular formula is C16H24N4O3. The highest BCUT2D eigenvalue weighted by Gasteiger charge is 2.36. The highest BCUT2D eigenvalue weighted by atomic mass is 16.7. The molecule has 126 valence electrons. The van der Waals surface area contributed by atoms with E-state index in [1.54, 1.807) is 0 Å². The lowest BCUT2D eigenvalue weighted by molar-refractivity contribution is -0.144. The molecule has 1 fully saturated rings. The number of aromatic amines is 2. The third-order valence-corrected chi connectivity index (χ3v) is 4.35. The van der Waals surface area contributed by atoms with Crippen LogP contribution >= 0.6 is 0 Å². The van der Waals surface area contributed by atoms with Crippen molar-refractivity contribution in [2.75, 3.05) is 13.2 Å². The molecule has 0 saturated carbocycles. The first-order chi connectivity index (χ1) is 11.0. The van der Waals surface area contributed by atoms with Crippen molar-refractivity contribution in [1.82, 2.24) is 20.3 Å². The van der Waals surface area contributed by atoms with Crippen molar-refractivity contribution in [3.05, 3.63) is 28.4 Å². The number of H-pyrrole nitrogens is 2. The molecule has 3 heterocycles. The Morgan fingerprint density at radius 2 is 2.30 bits per heavy atom. The van der Waals surface area contributed by atoms with Crippen LogP contribution in [0.15, 0.2) is 17.3 Å². The quantitative estimate of drug-likeness (QED) is 0.750. The second kappa shape index (κ2) is 6.43. The fourth-order valence-electron chi connectivity index (χ4n) is 3.02. The molecule has 0 radical (unpaired) electrons. The van der Waals surface area contributed by atoms with E-state index in [4.69, 9.17) is 9.47 Å². The summed E-state index contributed by atoms with van der Waals surface area (Å²) in [5, 5.41) is 3.45. The van der Waals surface area contributed by atoms with Crippen molar-refractivity contribution < 1.29 is 9.47 Å². The first-order valence-electron chi connectivity index (χ1n) is 8.06. The molecule has 0 amide bonds. The molecule has 0 aliphatic carbocycles. The van der Waals surface area contributed by atoms with E-state index < -0.39 is 5.79 Å². The van der Waals surface area contributed by atoms with E-state index in [1.807, 2.05) is 20.0 Å². The van der Waals surface area contributed by atoms with Gasteiger partial charge in [0, 0.05) is 24.8 Å². The van der Waals surface area contributed by atoms with E-state index in [2.05, 4.69) is 27.2 Å². The minimum atomic E-state index is -0.486. The minimum absolute atomic E-state index is 0.117. The van der Waals surface area contributed by atoms with Gasteiger partial charge in [-0.3, -0.25) is 4.79 Å². The molecule has 23 heavy (non-hydrogen) atoms. The molecule has 0 aromatic carbocycles. The first-order valence-corrected chi connectivity index (χ1v) is 8.06. The molecule has 0 bridgehead atoms. The van der Waals surface area contributed by atoms with Gasteiger partial charge in [0.2, 0.25) is 0 Å². The average molecular weight is 320 g/mol. The molecule has 2 aromatic heterocycles. The molecule has 7 heteroatoms. The zero-order valence-electron chi connectivity index (χ0n) is 13.8.